The number of para-hydroxylation sites is 1. The summed E-state index contributed by atoms with van der Waals surface area (Å²) in [5.74, 6) is 0.145. The molecule has 5 nitrogen and oxygen atoms in total. The monoisotopic (exact) mass is 328 g/mol. The summed E-state index contributed by atoms with van der Waals surface area (Å²) in [6.07, 6.45) is 2.36. The van der Waals surface area contributed by atoms with E-state index in [1.807, 2.05) is 24.3 Å². The molecule has 0 aliphatic carbocycles. The Kier molecular flexibility index (Phi) is 3.63. The summed E-state index contributed by atoms with van der Waals surface area (Å²) in [5.41, 5.74) is 0.883. The Bertz CT molecular complexity index is 794. The van der Waals surface area contributed by atoms with Crippen molar-refractivity contribution in [3.63, 3.8) is 0 Å². The van der Waals surface area contributed by atoms with Crippen LogP contribution < -0.4 is 0 Å². The van der Waals surface area contributed by atoms with Crippen molar-refractivity contribution >= 4 is 27.5 Å². The molecule has 3 aromatic rings. The van der Waals surface area contributed by atoms with Crippen LogP contribution in [0.1, 0.15) is 34.5 Å². The van der Waals surface area contributed by atoms with Gasteiger partial charge in [0.2, 0.25) is 0 Å². The third kappa shape index (κ3) is 2.54. The van der Waals surface area contributed by atoms with E-state index < -0.39 is 6.10 Å². The average Bonchev–Trinajstić information content (AvgIpc) is 3.32. The van der Waals surface area contributed by atoms with Crippen LogP contribution in [0.5, 0.6) is 0 Å². The molecule has 118 valence electrons. The first-order valence-corrected chi connectivity index (χ1v) is 8.44. The number of nitrogens with zero attached hydrogens (tertiary/aromatic N) is 2. The molecular formula is C17H16N2O3S. The van der Waals surface area contributed by atoms with Gasteiger partial charge in [-0.3, -0.25) is 4.79 Å². The number of benzene rings is 1. The van der Waals surface area contributed by atoms with Crippen LogP contribution in [-0.4, -0.2) is 33.5 Å². The zero-order chi connectivity index (χ0) is 15.8. The molecule has 0 saturated carbocycles. The van der Waals surface area contributed by atoms with Crippen molar-refractivity contribution in [3.05, 3.63) is 53.4 Å². The lowest BCUT2D eigenvalue weighted by molar-refractivity contribution is 0.0461. The van der Waals surface area contributed by atoms with Gasteiger partial charge in [0.05, 0.1) is 22.5 Å². The average molecular weight is 328 g/mol. The van der Waals surface area contributed by atoms with E-state index in [-0.39, 0.29) is 11.9 Å². The van der Waals surface area contributed by atoms with Gasteiger partial charge in [0.1, 0.15) is 11.1 Å². The number of carbonyl (C=O) groups is 1. The minimum atomic E-state index is -0.770. The predicted octanol–water partition coefficient (Wildman–Crippen LogP) is 3.23. The molecule has 6 heteroatoms. The first kappa shape index (κ1) is 14.4. The second-order valence-electron chi connectivity index (χ2n) is 5.65. The summed E-state index contributed by atoms with van der Waals surface area (Å²) in [6, 6.07) is 10.9. The number of aromatic nitrogens is 1. The molecular weight excluding hydrogens is 312 g/mol. The van der Waals surface area contributed by atoms with Gasteiger partial charge in [0.15, 0.2) is 5.76 Å². The predicted molar refractivity (Wildman–Crippen MR) is 87.3 cm³/mol. The highest BCUT2D eigenvalue weighted by Crippen LogP contribution is 2.34. The van der Waals surface area contributed by atoms with Crippen LogP contribution in [0.15, 0.2) is 47.1 Å². The molecule has 1 fully saturated rings. The van der Waals surface area contributed by atoms with E-state index in [1.54, 1.807) is 17.0 Å². The lowest BCUT2D eigenvalue weighted by atomic mass is 10.1. The molecule has 3 heterocycles. The van der Waals surface area contributed by atoms with Gasteiger partial charge in [-0.1, -0.05) is 12.1 Å². The van der Waals surface area contributed by atoms with E-state index in [0.717, 1.165) is 23.1 Å². The van der Waals surface area contributed by atoms with Crippen LogP contribution in [0.2, 0.25) is 0 Å². The maximum Gasteiger partial charge on any atom is 0.289 e. The summed E-state index contributed by atoms with van der Waals surface area (Å²) in [6.45, 7) is 0.631. The third-order valence-corrected chi connectivity index (χ3v) is 5.33. The van der Waals surface area contributed by atoms with Gasteiger partial charge < -0.3 is 14.4 Å². The van der Waals surface area contributed by atoms with Gasteiger partial charge in [-0.2, -0.15) is 0 Å². The number of aliphatic hydroxyl groups is 1. The van der Waals surface area contributed by atoms with Crippen LogP contribution in [0.25, 0.3) is 10.2 Å². The number of hydrogen-bond donors (Lipinski definition) is 1. The number of carbonyl (C=O) groups excluding carboxylic acids is 1. The Morgan fingerprint density at radius 3 is 3.00 bits per heavy atom. The summed E-state index contributed by atoms with van der Waals surface area (Å²) < 4.78 is 6.25. The van der Waals surface area contributed by atoms with Crippen molar-refractivity contribution in [3.8, 4) is 0 Å². The largest absolute Gasteiger partial charge is 0.459 e. The molecule has 0 bridgehead atoms. The van der Waals surface area contributed by atoms with Gasteiger partial charge in [-0.15, -0.1) is 11.3 Å². The standard InChI is InChI=1S/C17H16N2O3S/c20-15(16-18-11-5-1-2-8-14(11)23-16)12-6-3-9-19(12)17(21)13-7-4-10-22-13/h1-2,4-5,7-8,10,12,15,20H,3,6,9H2/t12-,15-/m0/s1. The first-order chi connectivity index (χ1) is 11.2. The molecule has 2 aromatic heterocycles. The first-order valence-electron chi connectivity index (χ1n) is 7.62. The lowest BCUT2D eigenvalue weighted by Crippen LogP contribution is -2.39. The quantitative estimate of drug-likeness (QED) is 0.801. The highest BCUT2D eigenvalue weighted by atomic mass is 32.1. The number of amides is 1. The number of hydrogen-bond acceptors (Lipinski definition) is 5. The van der Waals surface area contributed by atoms with E-state index in [0.29, 0.717) is 17.3 Å². The molecule has 0 spiro atoms. The third-order valence-electron chi connectivity index (χ3n) is 4.22. The van der Waals surface area contributed by atoms with Crippen LogP contribution >= 0.6 is 11.3 Å². The van der Waals surface area contributed by atoms with Gasteiger partial charge in [-0.25, -0.2) is 4.98 Å². The summed E-state index contributed by atoms with van der Waals surface area (Å²) >= 11 is 1.48. The van der Waals surface area contributed by atoms with Crippen molar-refractivity contribution in [2.24, 2.45) is 0 Å². The summed E-state index contributed by atoms with van der Waals surface area (Å²) in [7, 11) is 0. The Balaban J connectivity index is 1.61. The van der Waals surface area contributed by atoms with Crippen molar-refractivity contribution in [2.45, 2.75) is 25.0 Å². The van der Waals surface area contributed by atoms with Crippen molar-refractivity contribution in [1.29, 1.82) is 0 Å². The lowest BCUT2D eigenvalue weighted by Gasteiger charge is -2.26. The molecule has 0 radical (unpaired) electrons. The molecule has 1 aliphatic heterocycles. The maximum atomic E-state index is 12.5. The topological polar surface area (TPSA) is 66.6 Å². The molecule has 1 saturated heterocycles. The van der Waals surface area contributed by atoms with Gasteiger partial charge in [0.25, 0.3) is 5.91 Å². The van der Waals surface area contributed by atoms with Gasteiger partial charge >= 0.3 is 0 Å². The van der Waals surface area contributed by atoms with Crippen LogP contribution in [0.4, 0.5) is 0 Å². The maximum absolute atomic E-state index is 12.5. The van der Waals surface area contributed by atoms with Crippen LogP contribution in [0.3, 0.4) is 0 Å². The Morgan fingerprint density at radius 1 is 1.35 bits per heavy atom. The molecule has 1 amide bonds. The minimum Gasteiger partial charge on any atom is -0.459 e. The highest BCUT2D eigenvalue weighted by Gasteiger charge is 2.37. The molecule has 4 rings (SSSR count). The van der Waals surface area contributed by atoms with Crippen molar-refractivity contribution in [2.75, 3.05) is 6.54 Å². The fourth-order valence-corrected chi connectivity index (χ4v) is 4.11. The van der Waals surface area contributed by atoms with Crippen LogP contribution in [-0.2, 0) is 0 Å². The zero-order valence-electron chi connectivity index (χ0n) is 12.4. The second-order valence-corrected chi connectivity index (χ2v) is 6.71. The molecule has 23 heavy (non-hydrogen) atoms. The van der Waals surface area contributed by atoms with Crippen molar-refractivity contribution < 1.29 is 14.3 Å². The van der Waals surface area contributed by atoms with Crippen LogP contribution in [0, 0.1) is 0 Å². The Labute approximate surface area is 137 Å². The molecule has 0 unspecified atom stereocenters. The molecule has 1 aliphatic rings. The Morgan fingerprint density at radius 2 is 2.22 bits per heavy atom. The second kappa shape index (κ2) is 5.79. The van der Waals surface area contributed by atoms with E-state index in [2.05, 4.69) is 4.98 Å². The number of furan rings is 1. The Hall–Kier alpha value is -2.18. The smallest absolute Gasteiger partial charge is 0.289 e. The van der Waals surface area contributed by atoms with E-state index >= 15 is 0 Å². The molecule has 2 atom stereocenters. The van der Waals surface area contributed by atoms with E-state index in [4.69, 9.17) is 4.42 Å². The summed E-state index contributed by atoms with van der Waals surface area (Å²) in [5, 5.41) is 11.4. The number of likely N-dealkylation sites (tertiary alicyclic amines) is 1. The van der Waals surface area contributed by atoms with Gasteiger partial charge in [-0.05, 0) is 37.1 Å². The fraction of sp³-hybridized carbons (Fsp3) is 0.294. The van der Waals surface area contributed by atoms with Crippen molar-refractivity contribution in [1.82, 2.24) is 9.88 Å². The van der Waals surface area contributed by atoms with E-state index in [9.17, 15) is 9.90 Å². The minimum absolute atomic E-state index is 0.169. The van der Waals surface area contributed by atoms with E-state index in [1.165, 1.54) is 17.6 Å². The number of rotatable bonds is 3. The normalized spacial score (nSPS) is 19.3. The SMILES string of the molecule is O=C(c1ccco1)N1CCC[C@H]1[C@H](O)c1nc2ccccc2s1. The fourth-order valence-electron chi connectivity index (χ4n) is 3.10. The van der Waals surface area contributed by atoms with Gasteiger partial charge in [0, 0.05) is 6.54 Å². The number of aliphatic hydroxyl groups excluding tert-OH is 1. The number of fused-ring (bicyclic) bond motifs is 1. The highest BCUT2D eigenvalue weighted by molar-refractivity contribution is 7.18. The zero-order valence-corrected chi connectivity index (χ0v) is 13.2. The molecule has 1 N–H and O–H groups in total. The summed E-state index contributed by atoms with van der Waals surface area (Å²) in [4.78, 5) is 18.8. The number of thiazole rings is 1. The molecule has 1 aromatic carbocycles.